The van der Waals surface area contributed by atoms with Crippen molar-refractivity contribution in [1.29, 1.82) is 0 Å². The van der Waals surface area contributed by atoms with E-state index in [9.17, 15) is 4.79 Å². The topological polar surface area (TPSA) is 29.5 Å². The average molecular weight is 321 g/mol. The van der Waals surface area contributed by atoms with E-state index in [0.717, 1.165) is 24.8 Å². The van der Waals surface area contributed by atoms with Crippen LogP contribution < -0.4 is 0 Å². The van der Waals surface area contributed by atoms with E-state index in [1.54, 1.807) is 0 Å². The van der Waals surface area contributed by atoms with E-state index in [1.807, 2.05) is 48.2 Å². The van der Waals surface area contributed by atoms with Crippen LogP contribution in [0.4, 0.5) is 0 Å². The normalized spacial score (nSPS) is 29.5. The summed E-state index contributed by atoms with van der Waals surface area (Å²) in [6.45, 7) is 2.67. The molecule has 2 aromatic carbocycles. The summed E-state index contributed by atoms with van der Waals surface area (Å²) in [5.41, 5.74) is 1.65. The summed E-state index contributed by atoms with van der Waals surface area (Å²) in [6.07, 6.45) is 2.78. The lowest BCUT2D eigenvalue weighted by molar-refractivity contribution is -0.158. The fourth-order valence-electron chi connectivity index (χ4n) is 4.13. The number of ether oxygens (including phenoxy) is 1. The second-order valence-electron chi connectivity index (χ2n) is 6.99. The van der Waals surface area contributed by atoms with Crippen molar-refractivity contribution in [2.45, 2.75) is 38.0 Å². The Kier molecular flexibility index (Phi) is 3.89. The summed E-state index contributed by atoms with van der Waals surface area (Å²) in [4.78, 5) is 15.3. The van der Waals surface area contributed by atoms with E-state index in [-0.39, 0.29) is 17.9 Å². The predicted molar refractivity (Wildman–Crippen MR) is 93.3 cm³/mol. The fourth-order valence-corrected chi connectivity index (χ4v) is 4.13. The van der Waals surface area contributed by atoms with Gasteiger partial charge < -0.3 is 9.64 Å². The minimum absolute atomic E-state index is 0.0494. The molecule has 3 atom stereocenters. The van der Waals surface area contributed by atoms with Gasteiger partial charge in [-0.2, -0.15) is 0 Å². The molecule has 0 N–H and O–H groups in total. The molecule has 0 saturated carbocycles. The molecular weight excluding hydrogens is 298 g/mol. The Morgan fingerprint density at radius 2 is 1.71 bits per heavy atom. The molecule has 24 heavy (non-hydrogen) atoms. The molecule has 0 aromatic heterocycles. The highest BCUT2D eigenvalue weighted by Gasteiger charge is 2.51. The molecule has 0 spiro atoms. The maximum atomic E-state index is 13.2. The van der Waals surface area contributed by atoms with Crippen molar-refractivity contribution >= 4 is 5.91 Å². The Morgan fingerprint density at radius 3 is 2.42 bits per heavy atom. The molecule has 3 heteroatoms. The number of piperidine rings is 1. The van der Waals surface area contributed by atoms with Crippen LogP contribution in [0.5, 0.6) is 0 Å². The molecule has 2 aromatic rings. The van der Waals surface area contributed by atoms with Crippen LogP contribution in [0.1, 0.15) is 30.9 Å². The van der Waals surface area contributed by atoms with Crippen molar-refractivity contribution in [3.05, 3.63) is 71.8 Å². The van der Waals surface area contributed by atoms with Crippen molar-refractivity contribution < 1.29 is 9.53 Å². The number of fused-ring (bicyclic) bond motifs is 1. The largest absolute Gasteiger partial charge is 0.349 e. The van der Waals surface area contributed by atoms with E-state index < -0.39 is 5.72 Å². The standard InChI is InChI=1S/C21H23NO2/c1-21(18-10-6-3-7-11-18)22-19(15-24-21)13-12-17(20(22)23)14-16-8-4-2-5-9-16/h2-11,17,19H,12-15H2,1H3/t17-,19+,21+/m1/s1. The van der Waals surface area contributed by atoms with Crippen molar-refractivity contribution in [2.24, 2.45) is 5.92 Å². The fraction of sp³-hybridized carbons (Fsp3) is 0.381. The number of amides is 1. The van der Waals surface area contributed by atoms with Gasteiger partial charge in [-0.3, -0.25) is 4.79 Å². The molecular formula is C21H23NO2. The number of nitrogens with zero attached hydrogens (tertiary/aromatic N) is 1. The minimum atomic E-state index is -0.641. The van der Waals surface area contributed by atoms with Crippen LogP contribution in [0.25, 0.3) is 0 Å². The van der Waals surface area contributed by atoms with Crippen LogP contribution in [-0.2, 0) is 21.7 Å². The summed E-state index contributed by atoms with van der Waals surface area (Å²) in [6, 6.07) is 20.6. The third kappa shape index (κ3) is 2.53. The van der Waals surface area contributed by atoms with Gasteiger partial charge in [-0.25, -0.2) is 0 Å². The van der Waals surface area contributed by atoms with E-state index in [2.05, 4.69) is 24.3 Å². The van der Waals surface area contributed by atoms with E-state index in [0.29, 0.717) is 6.61 Å². The molecule has 2 aliphatic rings. The second-order valence-corrected chi connectivity index (χ2v) is 6.99. The zero-order valence-electron chi connectivity index (χ0n) is 14.0. The Hall–Kier alpha value is -2.13. The number of hydrogen-bond donors (Lipinski definition) is 0. The maximum Gasteiger partial charge on any atom is 0.228 e. The quantitative estimate of drug-likeness (QED) is 0.862. The van der Waals surface area contributed by atoms with Gasteiger partial charge in [-0.15, -0.1) is 0 Å². The van der Waals surface area contributed by atoms with E-state index >= 15 is 0 Å². The molecule has 2 fully saturated rings. The molecule has 1 amide bonds. The van der Waals surface area contributed by atoms with Crippen LogP contribution in [0.2, 0.25) is 0 Å². The Labute approximate surface area is 143 Å². The second kappa shape index (κ2) is 6.06. The molecule has 0 bridgehead atoms. The van der Waals surface area contributed by atoms with Crippen molar-refractivity contribution in [3.8, 4) is 0 Å². The number of carbonyl (C=O) groups is 1. The zero-order valence-corrected chi connectivity index (χ0v) is 14.0. The lowest BCUT2D eigenvalue weighted by atomic mass is 9.86. The van der Waals surface area contributed by atoms with Gasteiger partial charge >= 0.3 is 0 Å². The van der Waals surface area contributed by atoms with Crippen molar-refractivity contribution in [2.75, 3.05) is 6.61 Å². The van der Waals surface area contributed by atoms with Gasteiger partial charge in [0.15, 0.2) is 5.72 Å². The highest BCUT2D eigenvalue weighted by Crippen LogP contribution is 2.43. The SMILES string of the molecule is C[C@@]1(c2ccccc2)OC[C@@H]2CC[C@H](Cc3ccccc3)C(=O)N21. The monoisotopic (exact) mass is 321 g/mol. The molecule has 2 aliphatic heterocycles. The molecule has 0 aliphatic carbocycles. The van der Waals surface area contributed by atoms with Gasteiger partial charge in [0.25, 0.3) is 0 Å². The minimum Gasteiger partial charge on any atom is -0.349 e. The van der Waals surface area contributed by atoms with Gasteiger partial charge in [0, 0.05) is 11.5 Å². The third-order valence-corrected chi connectivity index (χ3v) is 5.45. The number of rotatable bonds is 3. The average Bonchev–Trinajstić information content (AvgIpc) is 2.98. The zero-order chi connectivity index (χ0) is 16.6. The lowest BCUT2D eigenvalue weighted by Gasteiger charge is -2.42. The Bertz CT molecular complexity index is 715. The van der Waals surface area contributed by atoms with Crippen LogP contribution in [0.15, 0.2) is 60.7 Å². The van der Waals surface area contributed by atoms with Crippen molar-refractivity contribution in [3.63, 3.8) is 0 Å². The Balaban J connectivity index is 1.61. The smallest absolute Gasteiger partial charge is 0.228 e. The maximum absolute atomic E-state index is 13.2. The molecule has 3 nitrogen and oxygen atoms in total. The first kappa shape index (κ1) is 15.4. The van der Waals surface area contributed by atoms with Crippen LogP contribution in [-0.4, -0.2) is 23.5 Å². The van der Waals surface area contributed by atoms with Crippen molar-refractivity contribution in [1.82, 2.24) is 4.90 Å². The molecule has 2 saturated heterocycles. The molecule has 4 rings (SSSR count). The predicted octanol–water partition coefficient (Wildman–Crippen LogP) is 3.74. The van der Waals surface area contributed by atoms with Crippen LogP contribution in [0, 0.1) is 5.92 Å². The van der Waals surface area contributed by atoms with Gasteiger partial charge in [0.2, 0.25) is 5.91 Å². The highest BCUT2D eigenvalue weighted by molar-refractivity contribution is 5.81. The van der Waals surface area contributed by atoms with E-state index in [1.165, 1.54) is 5.56 Å². The summed E-state index contributed by atoms with van der Waals surface area (Å²) in [5.74, 6) is 0.285. The number of benzene rings is 2. The van der Waals surface area contributed by atoms with E-state index in [4.69, 9.17) is 4.74 Å². The van der Waals surface area contributed by atoms with Crippen LogP contribution in [0.3, 0.4) is 0 Å². The number of carbonyl (C=O) groups excluding carboxylic acids is 1. The first-order valence-electron chi connectivity index (χ1n) is 8.75. The summed E-state index contributed by atoms with van der Waals surface area (Å²) in [5, 5.41) is 0. The highest BCUT2D eigenvalue weighted by atomic mass is 16.5. The summed E-state index contributed by atoms with van der Waals surface area (Å²) in [7, 11) is 0. The Morgan fingerprint density at radius 1 is 1.04 bits per heavy atom. The summed E-state index contributed by atoms with van der Waals surface area (Å²) >= 11 is 0. The first-order valence-corrected chi connectivity index (χ1v) is 8.75. The molecule has 2 heterocycles. The molecule has 0 unspecified atom stereocenters. The molecule has 0 radical (unpaired) electrons. The first-order chi connectivity index (χ1) is 11.7. The third-order valence-electron chi connectivity index (χ3n) is 5.45. The van der Waals surface area contributed by atoms with Crippen LogP contribution >= 0.6 is 0 Å². The summed E-state index contributed by atoms with van der Waals surface area (Å²) < 4.78 is 6.15. The molecule has 124 valence electrons. The number of hydrogen-bond acceptors (Lipinski definition) is 2. The van der Waals surface area contributed by atoms with Gasteiger partial charge in [0.1, 0.15) is 0 Å². The van der Waals surface area contributed by atoms with Gasteiger partial charge in [-0.05, 0) is 31.7 Å². The van der Waals surface area contributed by atoms with Gasteiger partial charge in [-0.1, -0.05) is 60.7 Å². The van der Waals surface area contributed by atoms with Gasteiger partial charge in [0.05, 0.1) is 12.6 Å². The lowest BCUT2D eigenvalue weighted by Crippen LogP contribution is -2.53.